The van der Waals surface area contributed by atoms with E-state index in [1.54, 1.807) is 0 Å². The van der Waals surface area contributed by atoms with E-state index >= 15 is 0 Å². The number of carbonyl (C=O) groups is 1. The average molecular weight is 303 g/mol. The zero-order valence-corrected chi connectivity index (χ0v) is 9.79. The maximum absolute atomic E-state index is 13.4. The largest absolute Gasteiger partial charge is 0.363 e. The van der Waals surface area contributed by atoms with Crippen LogP contribution in [-0.2, 0) is 0 Å². The van der Waals surface area contributed by atoms with Crippen molar-refractivity contribution in [2.45, 2.75) is 0 Å². The SMILES string of the molecule is O=C(Nc1ccon1)c1c(F)cc(Br)cc1F. The molecule has 1 aromatic heterocycles. The summed E-state index contributed by atoms with van der Waals surface area (Å²) < 4.78 is 31.5. The van der Waals surface area contributed by atoms with Crippen LogP contribution in [-0.4, -0.2) is 11.1 Å². The molecule has 0 aliphatic rings. The summed E-state index contributed by atoms with van der Waals surface area (Å²) in [7, 11) is 0. The summed E-state index contributed by atoms with van der Waals surface area (Å²) in [5, 5.41) is 5.60. The van der Waals surface area contributed by atoms with Crippen molar-refractivity contribution < 1.29 is 18.1 Å². The third-order valence-electron chi connectivity index (χ3n) is 1.91. The van der Waals surface area contributed by atoms with Crippen LogP contribution >= 0.6 is 15.9 Å². The maximum atomic E-state index is 13.4. The molecule has 0 aliphatic carbocycles. The van der Waals surface area contributed by atoms with Crippen molar-refractivity contribution in [2.24, 2.45) is 0 Å². The van der Waals surface area contributed by atoms with Crippen molar-refractivity contribution in [3.8, 4) is 0 Å². The van der Waals surface area contributed by atoms with E-state index in [0.717, 1.165) is 12.1 Å². The second-order valence-corrected chi connectivity index (χ2v) is 4.00. The monoisotopic (exact) mass is 302 g/mol. The molecule has 0 fully saturated rings. The van der Waals surface area contributed by atoms with E-state index in [9.17, 15) is 13.6 Å². The molecular weight excluding hydrogens is 298 g/mol. The first-order chi connectivity index (χ1) is 8.08. The molecule has 1 N–H and O–H groups in total. The number of hydrogen-bond donors (Lipinski definition) is 1. The second-order valence-electron chi connectivity index (χ2n) is 3.08. The van der Waals surface area contributed by atoms with Crippen molar-refractivity contribution in [3.05, 3.63) is 46.1 Å². The predicted octanol–water partition coefficient (Wildman–Crippen LogP) is 2.97. The molecule has 1 amide bonds. The molecule has 0 radical (unpaired) electrons. The highest BCUT2D eigenvalue weighted by Gasteiger charge is 2.19. The summed E-state index contributed by atoms with van der Waals surface area (Å²) in [6, 6.07) is 3.36. The standard InChI is InChI=1S/C10H5BrF2N2O2/c11-5-3-6(12)9(7(13)4-5)10(16)14-8-1-2-17-15-8/h1-4H,(H,14,15,16). The van der Waals surface area contributed by atoms with E-state index in [2.05, 4.69) is 30.9 Å². The van der Waals surface area contributed by atoms with Crippen LogP contribution < -0.4 is 5.32 Å². The minimum absolute atomic E-state index is 0.0803. The molecule has 0 bridgehead atoms. The molecule has 2 rings (SSSR count). The van der Waals surface area contributed by atoms with Gasteiger partial charge in [-0.05, 0) is 12.1 Å². The van der Waals surface area contributed by atoms with Crippen LogP contribution in [0.5, 0.6) is 0 Å². The minimum Gasteiger partial charge on any atom is -0.363 e. The summed E-state index contributed by atoms with van der Waals surface area (Å²) in [4.78, 5) is 11.6. The minimum atomic E-state index is -0.960. The number of nitrogens with zero attached hydrogens (tertiary/aromatic N) is 1. The molecule has 17 heavy (non-hydrogen) atoms. The molecular formula is C10H5BrF2N2O2. The van der Waals surface area contributed by atoms with E-state index in [1.165, 1.54) is 12.3 Å². The molecule has 2 aromatic rings. The number of carbonyl (C=O) groups excluding carboxylic acids is 1. The van der Waals surface area contributed by atoms with Crippen molar-refractivity contribution in [3.63, 3.8) is 0 Å². The number of rotatable bonds is 2. The lowest BCUT2D eigenvalue weighted by Gasteiger charge is -2.04. The Morgan fingerprint density at radius 2 is 2.00 bits per heavy atom. The Morgan fingerprint density at radius 1 is 1.35 bits per heavy atom. The van der Waals surface area contributed by atoms with Crippen LogP contribution in [0.3, 0.4) is 0 Å². The number of hydrogen-bond acceptors (Lipinski definition) is 3. The van der Waals surface area contributed by atoms with Gasteiger partial charge in [0, 0.05) is 10.5 Å². The van der Waals surface area contributed by atoms with Gasteiger partial charge in [0.2, 0.25) is 0 Å². The Morgan fingerprint density at radius 3 is 2.53 bits per heavy atom. The summed E-state index contributed by atoms with van der Waals surface area (Å²) in [5.41, 5.74) is -0.670. The number of halogens is 3. The average Bonchev–Trinajstić information content (AvgIpc) is 2.68. The fraction of sp³-hybridized carbons (Fsp3) is 0. The van der Waals surface area contributed by atoms with Crippen LogP contribution in [0, 0.1) is 11.6 Å². The predicted molar refractivity (Wildman–Crippen MR) is 58.5 cm³/mol. The fourth-order valence-electron chi connectivity index (χ4n) is 1.21. The van der Waals surface area contributed by atoms with Gasteiger partial charge < -0.3 is 9.84 Å². The van der Waals surface area contributed by atoms with Crippen LogP contribution in [0.1, 0.15) is 10.4 Å². The van der Waals surface area contributed by atoms with E-state index in [0.29, 0.717) is 0 Å². The Bertz CT molecular complexity index is 534. The maximum Gasteiger partial charge on any atom is 0.262 e. The van der Waals surface area contributed by atoms with Crippen LogP contribution in [0.2, 0.25) is 0 Å². The van der Waals surface area contributed by atoms with E-state index in [1.807, 2.05) is 0 Å². The van der Waals surface area contributed by atoms with Crippen molar-refractivity contribution in [2.75, 3.05) is 5.32 Å². The van der Waals surface area contributed by atoms with Gasteiger partial charge in [0.1, 0.15) is 23.5 Å². The zero-order chi connectivity index (χ0) is 12.4. The Kier molecular flexibility index (Phi) is 3.19. The summed E-state index contributed by atoms with van der Waals surface area (Å²) >= 11 is 2.92. The van der Waals surface area contributed by atoms with Gasteiger partial charge in [0.05, 0.1) is 0 Å². The van der Waals surface area contributed by atoms with Gasteiger partial charge in [-0.25, -0.2) is 8.78 Å². The lowest BCUT2D eigenvalue weighted by Crippen LogP contribution is -2.16. The van der Waals surface area contributed by atoms with E-state index in [4.69, 9.17) is 0 Å². The zero-order valence-electron chi connectivity index (χ0n) is 8.21. The molecule has 0 spiro atoms. The van der Waals surface area contributed by atoms with Gasteiger partial charge in [0.25, 0.3) is 5.91 Å². The number of anilines is 1. The Hall–Kier alpha value is -1.76. The lowest BCUT2D eigenvalue weighted by atomic mass is 10.2. The van der Waals surface area contributed by atoms with Gasteiger partial charge in [-0.1, -0.05) is 21.1 Å². The highest BCUT2D eigenvalue weighted by Crippen LogP contribution is 2.20. The first kappa shape index (κ1) is 11.7. The summed E-state index contributed by atoms with van der Waals surface area (Å²) in [6.07, 6.45) is 1.23. The van der Waals surface area contributed by atoms with Gasteiger partial charge in [-0.15, -0.1) is 0 Å². The van der Waals surface area contributed by atoms with Crippen molar-refractivity contribution in [1.29, 1.82) is 0 Å². The first-order valence-corrected chi connectivity index (χ1v) is 5.23. The lowest BCUT2D eigenvalue weighted by molar-refractivity contribution is 0.101. The van der Waals surface area contributed by atoms with Crippen LogP contribution in [0.15, 0.2) is 33.5 Å². The normalized spacial score (nSPS) is 10.3. The quantitative estimate of drug-likeness (QED) is 0.928. The van der Waals surface area contributed by atoms with Gasteiger partial charge in [0.15, 0.2) is 5.82 Å². The third kappa shape index (κ3) is 2.50. The van der Waals surface area contributed by atoms with Gasteiger partial charge in [-0.3, -0.25) is 4.79 Å². The molecule has 0 aliphatic heterocycles. The molecule has 0 unspecified atom stereocenters. The molecule has 7 heteroatoms. The topological polar surface area (TPSA) is 55.1 Å². The molecule has 1 heterocycles. The number of amides is 1. The molecule has 88 valence electrons. The molecule has 0 atom stereocenters. The third-order valence-corrected chi connectivity index (χ3v) is 2.37. The molecule has 1 aromatic carbocycles. The Labute approximate surface area is 103 Å². The summed E-state index contributed by atoms with van der Waals surface area (Å²) in [6.45, 7) is 0. The molecule has 0 saturated carbocycles. The number of aromatic nitrogens is 1. The first-order valence-electron chi connectivity index (χ1n) is 4.44. The molecule has 4 nitrogen and oxygen atoms in total. The Balaban J connectivity index is 2.31. The van der Waals surface area contributed by atoms with E-state index < -0.39 is 23.1 Å². The highest BCUT2D eigenvalue weighted by molar-refractivity contribution is 9.10. The van der Waals surface area contributed by atoms with Crippen LogP contribution in [0.25, 0.3) is 0 Å². The number of nitrogens with one attached hydrogen (secondary N) is 1. The van der Waals surface area contributed by atoms with Gasteiger partial charge >= 0.3 is 0 Å². The van der Waals surface area contributed by atoms with E-state index in [-0.39, 0.29) is 10.3 Å². The second kappa shape index (κ2) is 4.62. The molecule has 0 saturated heterocycles. The highest BCUT2D eigenvalue weighted by atomic mass is 79.9. The fourth-order valence-corrected chi connectivity index (χ4v) is 1.62. The van der Waals surface area contributed by atoms with Crippen molar-refractivity contribution >= 4 is 27.7 Å². The van der Waals surface area contributed by atoms with Crippen LogP contribution in [0.4, 0.5) is 14.6 Å². The van der Waals surface area contributed by atoms with Crippen molar-refractivity contribution in [1.82, 2.24) is 5.16 Å². The number of benzene rings is 1. The van der Waals surface area contributed by atoms with Gasteiger partial charge in [-0.2, -0.15) is 0 Å². The smallest absolute Gasteiger partial charge is 0.262 e. The summed E-state index contributed by atoms with van der Waals surface area (Å²) in [5.74, 6) is -2.77.